The van der Waals surface area contributed by atoms with Crippen LogP contribution >= 0.6 is 0 Å². The first-order chi connectivity index (χ1) is 8.56. The number of carbonyl (C=O) groups is 1. The van der Waals surface area contributed by atoms with Gasteiger partial charge < -0.3 is 15.9 Å². The molecule has 0 saturated carbocycles. The number of primary amides is 1. The van der Waals surface area contributed by atoms with E-state index < -0.39 is 6.03 Å². The van der Waals surface area contributed by atoms with Crippen LogP contribution in [0.15, 0.2) is 35.4 Å². The zero-order chi connectivity index (χ0) is 13.1. The number of phenols is 2. The second-order valence-corrected chi connectivity index (χ2v) is 3.68. The molecule has 0 aromatic heterocycles. The molecule has 0 fully saturated rings. The van der Waals surface area contributed by atoms with E-state index in [0.29, 0.717) is 10.9 Å². The van der Waals surface area contributed by atoms with Gasteiger partial charge in [0.1, 0.15) is 11.5 Å². The fourth-order valence-electron chi connectivity index (χ4n) is 1.56. The molecular weight excluding hydrogens is 234 g/mol. The zero-order valence-corrected chi connectivity index (χ0v) is 9.29. The minimum absolute atomic E-state index is 0.0110. The molecule has 0 aliphatic carbocycles. The smallest absolute Gasteiger partial charge is 0.332 e. The van der Waals surface area contributed by atoms with Crippen LogP contribution in [0.1, 0.15) is 5.56 Å². The van der Waals surface area contributed by atoms with Gasteiger partial charge in [0.2, 0.25) is 0 Å². The lowest BCUT2D eigenvalue weighted by molar-refractivity contribution is 0.249. The van der Waals surface area contributed by atoms with E-state index in [1.165, 1.54) is 18.3 Å². The summed E-state index contributed by atoms with van der Waals surface area (Å²) in [6, 6.07) is 7.19. The summed E-state index contributed by atoms with van der Waals surface area (Å²) < 4.78 is 0. The molecule has 6 heteroatoms. The van der Waals surface area contributed by atoms with Crippen molar-refractivity contribution in [2.75, 3.05) is 0 Å². The molecule has 0 heterocycles. The van der Waals surface area contributed by atoms with Gasteiger partial charge in [0.05, 0.1) is 6.21 Å². The Morgan fingerprint density at radius 1 is 1.22 bits per heavy atom. The Kier molecular flexibility index (Phi) is 3.01. The first kappa shape index (κ1) is 11.7. The molecule has 92 valence electrons. The quantitative estimate of drug-likeness (QED) is 0.472. The van der Waals surface area contributed by atoms with E-state index >= 15 is 0 Å². The molecule has 0 aliphatic heterocycles. The highest BCUT2D eigenvalue weighted by Crippen LogP contribution is 2.26. The number of hydrogen-bond acceptors (Lipinski definition) is 4. The predicted molar refractivity (Wildman–Crippen MR) is 67.6 cm³/mol. The highest BCUT2D eigenvalue weighted by Gasteiger charge is 2.03. The molecule has 2 aromatic carbocycles. The van der Waals surface area contributed by atoms with E-state index in [1.807, 2.05) is 5.43 Å². The maximum atomic E-state index is 10.4. The van der Waals surface area contributed by atoms with E-state index in [9.17, 15) is 15.0 Å². The third-order valence-corrected chi connectivity index (χ3v) is 2.35. The Labute approximate surface area is 102 Å². The first-order valence-corrected chi connectivity index (χ1v) is 5.10. The molecule has 0 atom stereocenters. The van der Waals surface area contributed by atoms with Crippen LogP contribution in [0.3, 0.4) is 0 Å². The van der Waals surface area contributed by atoms with Gasteiger partial charge in [0.15, 0.2) is 0 Å². The van der Waals surface area contributed by atoms with E-state index in [-0.39, 0.29) is 11.5 Å². The molecular formula is C12H11N3O3. The highest BCUT2D eigenvalue weighted by atomic mass is 16.3. The molecule has 0 aliphatic rings. The minimum atomic E-state index is -0.781. The Morgan fingerprint density at radius 2 is 2.00 bits per heavy atom. The van der Waals surface area contributed by atoms with Gasteiger partial charge in [0, 0.05) is 5.56 Å². The summed E-state index contributed by atoms with van der Waals surface area (Å²) in [7, 11) is 0. The fraction of sp³-hybridized carbons (Fsp3) is 0. The van der Waals surface area contributed by atoms with Crippen molar-refractivity contribution in [2.24, 2.45) is 10.8 Å². The van der Waals surface area contributed by atoms with Crippen molar-refractivity contribution in [1.29, 1.82) is 0 Å². The number of phenolic OH excluding ortho intramolecular Hbond substituents is 2. The minimum Gasteiger partial charge on any atom is -0.508 e. The van der Waals surface area contributed by atoms with Crippen LogP contribution in [0, 0.1) is 0 Å². The summed E-state index contributed by atoms with van der Waals surface area (Å²) in [6.07, 6.45) is 1.28. The molecule has 0 saturated heterocycles. The summed E-state index contributed by atoms with van der Waals surface area (Å²) in [4.78, 5) is 10.4. The van der Waals surface area contributed by atoms with Gasteiger partial charge in [-0.2, -0.15) is 5.10 Å². The molecule has 2 rings (SSSR count). The number of fused-ring (bicyclic) bond motifs is 1. The lowest BCUT2D eigenvalue weighted by Gasteiger charge is -2.03. The Bertz CT molecular complexity index is 638. The normalized spacial score (nSPS) is 10.9. The Hall–Kier alpha value is -2.76. The molecule has 5 N–H and O–H groups in total. The van der Waals surface area contributed by atoms with Crippen molar-refractivity contribution in [3.8, 4) is 11.5 Å². The number of hydrogen-bond donors (Lipinski definition) is 4. The van der Waals surface area contributed by atoms with Crippen LogP contribution in [-0.2, 0) is 0 Å². The van der Waals surface area contributed by atoms with Gasteiger partial charge in [-0.1, -0.05) is 6.07 Å². The fourth-order valence-corrected chi connectivity index (χ4v) is 1.56. The molecule has 0 radical (unpaired) electrons. The van der Waals surface area contributed by atoms with Crippen LogP contribution in [0.5, 0.6) is 11.5 Å². The molecule has 2 amide bonds. The molecule has 18 heavy (non-hydrogen) atoms. The molecule has 6 nitrogen and oxygen atoms in total. The standard InChI is InChI=1S/C12H11N3O3/c13-12(18)15-14-6-9-3-7-1-2-10(16)4-8(7)5-11(9)17/h1-6,16-17H,(H3,13,15,18)/b14-6+. The molecule has 0 unspecified atom stereocenters. The van der Waals surface area contributed by atoms with Crippen molar-refractivity contribution < 1.29 is 15.0 Å². The van der Waals surface area contributed by atoms with E-state index in [2.05, 4.69) is 5.10 Å². The maximum Gasteiger partial charge on any atom is 0.332 e. The van der Waals surface area contributed by atoms with Crippen molar-refractivity contribution in [2.45, 2.75) is 0 Å². The van der Waals surface area contributed by atoms with E-state index in [1.54, 1.807) is 18.2 Å². The second-order valence-electron chi connectivity index (χ2n) is 3.68. The monoisotopic (exact) mass is 245 g/mol. The van der Waals surface area contributed by atoms with Gasteiger partial charge in [-0.25, -0.2) is 10.2 Å². The number of nitrogens with one attached hydrogen (secondary N) is 1. The zero-order valence-electron chi connectivity index (χ0n) is 9.29. The number of aromatic hydroxyl groups is 2. The lowest BCUT2D eigenvalue weighted by atomic mass is 10.1. The SMILES string of the molecule is NC(=O)N/N=C/c1cc2ccc(O)cc2cc1O. The highest BCUT2D eigenvalue weighted by molar-refractivity contribution is 5.94. The molecule has 0 bridgehead atoms. The van der Waals surface area contributed by atoms with Crippen LogP contribution in [0.25, 0.3) is 10.8 Å². The van der Waals surface area contributed by atoms with E-state index in [0.717, 1.165) is 5.39 Å². The number of benzene rings is 2. The lowest BCUT2D eigenvalue weighted by Crippen LogP contribution is -2.24. The molecule has 0 spiro atoms. The Morgan fingerprint density at radius 3 is 2.72 bits per heavy atom. The average Bonchev–Trinajstić information content (AvgIpc) is 2.29. The van der Waals surface area contributed by atoms with Gasteiger partial charge in [-0.3, -0.25) is 0 Å². The number of rotatable bonds is 2. The topological polar surface area (TPSA) is 108 Å². The third-order valence-electron chi connectivity index (χ3n) is 2.35. The van der Waals surface area contributed by atoms with Crippen LogP contribution in [0.4, 0.5) is 4.79 Å². The van der Waals surface area contributed by atoms with Crippen LogP contribution < -0.4 is 11.2 Å². The van der Waals surface area contributed by atoms with Gasteiger partial charge in [0.25, 0.3) is 0 Å². The third kappa shape index (κ3) is 2.49. The van der Waals surface area contributed by atoms with Crippen LogP contribution in [-0.4, -0.2) is 22.5 Å². The van der Waals surface area contributed by atoms with Crippen LogP contribution in [0.2, 0.25) is 0 Å². The average molecular weight is 245 g/mol. The van der Waals surface area contributed by atoms with Gasteiger partial charge >= 0.3 is 6.03 Å². The number of carbonyl (C=O) groups excluding carboxylic acids is 1. The summed E-state index contributed by atoms with van der Waals surface area (Å²) in [5.74, 6) is 0.113. The summed E-state index contributed by atoms with van der Waals surface area (Å²) in [5, 5.41) is 24.2. The van der Waals surface area contributed by atoms with Crippen molar-refractivity contribution >= 4 is 23.0 Å². The number of nitrogens with zero attached hydrogens (tertiary/aromatic N) is 1. The second kappa shape index (κ2) is 4.62. The number of amides is 2. The van der Waals surface area contributed by atoms with Crippen molar-refractivity contribution in [3.05, 3.63) is 35.9 Å². The number of hydrazone groups is 1. The summed E-state index contributed by atoms with van der Waals surface area (Å²) >= 11 is 0. The largest absolute Gasteiger partial charge is 0.508 e. The first-order valence-electron chi connectivity index (χ1n) is 5.10. The number of nitrogens with two attached hydrogens (primary N) is 1. The van der Waals surface area contributed by atoms with Crippen molar-refractivity contribution in [1.82, 2.24) is 5.43 Å². The van der Waals surface area contributed by atoms with Gasteiger partial charge in [-0.05, 0) is 35.0 Å². The summed E-state index contributed by atoms with van der Waals surface area (Å²) in [5.41, 5.74) is 7.32. The Balaban J connectivity index is 2.40. The predicted octanol–water partition coefficient (Wildman–Crippen LogP) is 1.25. The van der Waals surface area contributed by atoms with E-state index in [4.69, 9.17) is 5.73 Å². The number of urea groups is 1. The molecule has 2 aromatic rings. The summed E-state index contributed by atoms with van der Waals surface area (Å²) in [6.45, 7) is 0. The van der Waals surface area contributed by atoms with Crippen molar-refractivity contribution in [3.63, 3.8) is 0 Å². The van der Waals surface area contributed by atoms with Gasteiger partial charge in [-0.15, -0.1) is 0 Å². The maximum absolute atomic E-state index is 10.4.